The van der Waals surface area contributed by atoms with Crippen molar-refractivity contribution in [1.82, 2.24) is 0 Å². The standard InChI is InChI=1S/C17H34O/c1-6-14-8-10-15(11-9-14)13(5)17(18)16(7-2)12(3)4/h12-18H,6-11H2,1-5H3. The zero-order valence-corrected chi connectivity index (χ0v) is 13.2. The lowest BCUT2D eigenvalue weighted by atomic mass is 9.70. The molecule has 0 saturated heterocycles. The molecule has 1 heteroatoms. The molecule has 1 nitrogen and oxygen atoms in total. The smallest absolute Gasteiger partial charge is 0.0598 e. The minimum absolute atomic E-state index is 0.0989. The van der Waals surface area contributed by atoms with Gasteiger partial charge in [-0.25, -0.2) is 0 Å². The van der Waals surface area contributed by atoms with Gasteiger partial charge in [-0.3, -0.25) is 0 Å². The van der Waals surface area contributed by atoms with Crippen LogP contribution in [0.3, 0.4) is 0 Å². The quantitative estimate of drug-likeness (QED) is 0.716. The number of aliphatic hydroxyl groups excluding tert-OH is 1. The predicted molar refractivity (Wildman–Crippen MR) is 79.5 cm³/mol. The Balaban J connectivity index is 2.51. The SMILES string of the molecule is CCC1CCC(C(C)C(O)C(CC)C(C)C)CC1. The third-order valence-corrected chi connectivity index (χ3v) is 5.52. The minimum Gasteiger partial charge on any atom is -0.393 e. The van der Waals surface area contributed by atoms with E-state index in [1.54, 1.807) is 0 Å². The van der Waals surface area contributed by atoms with Crippen LogP contribution in [0.4, 0.5) is 0 Å². The van der Waals surface area contributed by atoms with Gasteiger partial charge in [-0.15, -0.1) is 0 Å². The van der Waals surface area contributed by atoms with Crippen molar-refractivity contribution in [1.29, 1.82) is 0 Å². The van der Waals surface area contributed by atoms with E-state index < -0.39 is 0 Å². The molecule has 1 aliphatic carbocycles. The van der Waals surface area contributed by atoms with Crippen molar-refractivity contribution in [2.75, 3.05) is 0 Å². The summed E-state index contributed by atoms with van der Waals surface area (Å²) in [6, 6.07) is 0. The Morgan fingerprint density at radius 1 is 1.00 bits per heavy atom. The van der Waals surface area contributed by atoms with Crippen LogP contribution in [0.5, 0.6) is 0 Å². The van der Waals surface area contributed by atoms with Crippen molar-refractivity contribution in [3.05, 3.63) is 0 Å². The first-order chi connectivity index (χ1) is 8.51. The third-order valence-electron chi connectivity index (χ3n) is 5.52. The zero-order chi connectivity index (χ0) is 13.7. The van der Waals surface area contributed by atoms with Gasteiger partial charge in [0.25, 0.3) is 0 Å². The van der Waals surface area contributed by atoms with E-state index in [0.717, 1.165) is 18.3 Å². The van der Waals surface area contributed by atoms with E-state index in [0.29, 0.717) is 17.8 Å². The van der Waals surface area contributed by atoms with Gasteiger partial charge in [-0.1, -0.05) is 60.3 Å². The molecule has 0 heterocycles. The van der Waals surface area contributed by atoms with E-state index in [9.17, 15) is 5.11 Å². The molecule has 0 aromatic rings. The molecule has 3 unspecified atom stereocenters. The summed E-state index contributed by atoms with van der Waals surface area (Å²) in [7, 11) is 0. The summed E-state index contributed by atoms with van der Waals surface area (Å²) < 4.78 is 0. The second-order valence-corrected chi connectivity index (χ2v) is 6.85. The summed E-state index contributed by atoms with van der Waals surface area (Å²) in [5, 5.41) is 10.6. The monoisotopic (exact) mass is 254 g/mol. The molecule has 1 rings (SSSR count). The maximum absolute atomic E-state index is 10.6. The Morgan fingerprint density at radius 3 is 1.94 bits per heavy atom. The first kappa shape index (κ1) is 16.0. The van der Waals surface area contributed by atoms with E-state index in [1.807, 2.05) is 0 Å². The first-order valence-corrected chi connectivity index (χ1v) is 8.19. The van der Waals surface area contributed by atoms with Crippen LogP contribution in [0.1, 0.15) is 73.1 Å². The van der Waals surface area contributed by atoms with E-state index >= 15 is 0 Å². The summed E-state index contributed by atoms with van der Waals surface area (Å²) >= 11 is 0. The Kier molecular flexibility index (Phi) is 6.70. The minimum atomic E-state index is -0.0989. The summed E-state index contributed by atoms with van der Waals surface area (Å²) in [4.78, 5) is 0. The Hall–Kier alpha value is -0.0400. The topological polar surface area (TPSA) is 20.2 Å². The fourth-order valence-electron chi connectivity index (χ4n) is 3.90. The molecule has 0 spiro atoms. The van der Waals surface area contributed by atoms with Gasteiger partial charge in [-0.05, 0) is 42.4 Å². The molecule has 1 fully saturated rings. The van der Waals surface area contributed by atoms with Gasteiger partial charge in [0, 0.05) is 0 Å². The van der Waals surface area contributed by atoms with E-state index in [4.69, 9.17) is 0 Å². The average Bonchev–Trinajstić information content (AvgIpc) is 2.38. The molecule has 0 aromatic heterocycles. The van der Waals surface area contributed by atoms with Crippen LogP contribution in [0.25, 0.3) is 0 Å². The van der Waals surface area contributed by atoms with Gasteiger partial charge in [0.05, 0.1) is 6.10 Å². The predicted octanol–water partition coefficient (Wildman–Crippen LogP) is 4.88. The fraction of sp³-hybridized carbons (Fsp3) is 1.00. The van der Waals surface area contributed by atoms with Crippen molar-refractivity contribution in [2.24, 2.45) is 29.6 Å². The van der Waals surface area contributed by atoms with Crippen molar-refractivity contribution in [3.8, 4) is 0 Å². The fourth-order valence-corrected chi connectivity index (χ4v) is 3.90. The highest BCUT2D eigenvalue weighted by Gasteiger charge is 2.32. The number of aliphatic hydroxyl groups is 1. The maximum Gasteiger partial charge on any atom is 0.0598 e. The molecule has 108 valence electrons. The van der Waals surface area contributed by atoms with Gasteiger partial charge in [-0.2, -0.15) is 0 Å². The van der Waals surface area contributed by atoms with Crippen molar-refractivity contribution in [3.63, 3.8) is 0 Å². The lowest BCUT2D eigenvalue weighted by Crippen LogP contribution is -2.36. The first-order valence-electron chi connectivity index (χ1n) is 8.19. The zero-order valence-electron chi connectivity index (χ0n) is 13.2. The second kappa shape index (κ2) is 7.53. The molecular formula is C17H34O. The van der Waals surface area contributed by atoms with Crippen molar-refractivity contribution < 1.29 is 5.11 Å². The molecular weight excluding hydrogens is 220 g/mol. The largest absolute Gasteiger partial charge is 0.393 e. The molecule has 1 saturated carbocycles. The molecule has 18 heavy (non-hydrogen) atoms. The van der Waals surface area contributed by atoms with E-state index in [2.05, 4.69) is 34.6 Å². The van der Waals surface area contributed by atoms with Crippen LogP contribution >= 0.6 is 0 Å². The summed E-state index contributed by atoms with van der Waals surface area (Å²) in [6.45, 7) is 11.3. The molecule has 0 amide bonds. The van der Waals surface area contributed by atoms with Crippen LogP contribution in [0, 0.1) is 29.6 Å². The van der Waals surface area contributed by atoms with Gasteiger partial charge >= 0.3 is 0 Å². The van der Waals surface area contributed by atoms with Crippen LogP contribution in [0.15, 0.2) is 0 Å². The molecule has 1 N–H and O–H groups in total. The van der Waals surface area contributed by atoms with Gasteiger partial charge < -0.3 is 5.11 Å². The summed E-state index contributed by atoms with van der Waals surface area (Å²) in [5.74, 6) is 3.27. The summed E-state index contributed by atoms with van der Waals surface area (Å²) in [5.41, 5.74) is 0. The normalized spacial score (nSPS) is 30.2. The van der Waals surface area contributed by atoms with Crippen LogP contribution in [0.2, 0.25) is 0 Å². The Bertz CT molecular complexity index is 216. The highest BCUT2D eigenvalue weighted by atomic mass is 16.3. The lowest BCUT2D eigenvalue weighted by Gasteiger charge is -2.37. The molecule has 0 radical (unpaired) electrons. The highest BCUT2D eigenvalue weighted by molar-refractivity contribution is 4.83. The van der Waals surface area contributed by atoms with Gasteiger partial charge in [0.2, 0.25) is 0 Å². The Morgan fingerprint density at radius 2 is 1.56 bits per heavy atom. The molecule has 0 bridgehead atoms. The van der Waals surface area contributed by atoms with Crippen LogP contribution in [-0.2, 0) is 0 Å². The summed E-state index contributed by atoms with van der Waals surface area (Å²) in [6.07, 6.45) is 7.79. The number of hydrogen-bond donors (Lipinski definition) is 1. The molecule has 3 atom stereocenters. The third kappa shape index (κ3) is 3.98. The van der Waals surface area contributed by atoms with Gasteiger partial charge in [0.15, 0.2) is 0 Å². The number of rotatable bonds is 6. The van der Waals surface area contributed by atoms with Crippen molar-refractivity contribution in [2.45, 2.75) is 79.2 Å². The lowest BCUT2D eigenvalue weighted by molar-refractivity contribution is 0.000495. The molecule has 0 aromatic carbocycles. The molecule has 1 aliphatic rings. The highest BCUT2D eigenvalue weighted by Crippen LogP contribution is 2.38. The van der Waals surface area contributed by atoms with Gasteiger partial charge in [0.1, 0.15) is 0 Å². The molecule has 0 aliphatic heterocycles. The van der Waals surface area contributed by atoms with Crippen LogP contribution in [-0.4, -0.2) is 11.2 Å². The van der Waals surface area contributed by atoms with Crippen LogP contribution < -0.4 is 0 Å². The maximum atomic E-state index is 10.6. The number of hydrogen-bond acceptors (Lipinski definition) is 1. The average molecular weight is 254 g/mol. The van der Waals surface area contributed by atoms with E-state index in [-0.39, 0.29) is 6.10 Å². The van der Waals surface area contributed by atoms with E-state index in [1.165, 1.54) is 32.1 Å². The Labute approximate surface area is 114 Å². The van der Waals surface area contributed by atoms with Crippen molar-refractivity contribution >= 4 is 0 Å². The second-order valence-electron chi connectivity index (χ2n) is 6.85.